The Balaban J connectivity index is 1.91. The highest BCUT2D eigenvalue weighted by Crippen LogP contribution is 2.62. The third kappa shape index (κ3) is 4.49. The standard InChI is InChI=1S/C26H66N2O6Si10/c1-35(2,3)43(41-29-21-15-27(16-22-30-41)17-23-31-41)37(7,8)39(11,12)44(36(4,5)6,40(13,14)38(43,9)10)42-32-24-18-28(19-25-33-42)20-26-34-42/h15-26H2,1-14H3. The summed E-state index contributed by atoms with van der Waals surface area (Å²) in [6.07, 6.45) is -4.62. The second-order valence-corrected chi connectivity index (χ2v) is 132. The normalized spacial score (nSPS) is 44.0. The van der Waals surface area contributed by atoms with E-state index >= 15 is 0 Å². The molecule has 7 fully saturated rings. The summed E-state index contributed by atoms with van der Waals surface area (Å²) in [6.45, 7) is 50.8. The number of nitrogens with zero attached hydrogens (tertiary/aromatic N) is 2. The molecule has 7 heterocycles. The van der Waals surface area contributed by atoms with Crippen molar-refractivity contribution in [1.82, 2.24) is 9.80 Å². The number of fused-ring (bicyclic) bond motifs is 12. The van der Waals surface area contributed by atoms with Gasteiger partial charge in [-0.1, -0.05) is 91.7 Å². The van der Waals surface area contributed by atoms with Crippen molar-refractivity contribution in [2.24, 2.45) is 0 Å². The molecule has 256 valence electrons. The molecule has 4 bridgehead atoms. The Morgan fingerprint density at radius 3 is 0.705 bits per heavy atom. The fourth-order valence-corrected chi connectivity index (χ4v) is 545. The molecule has 0 N–H and O–H groups in total. The maximum Gasteiger partial charge on any atom is 0.461 e. The van der Waals surface area contributed by atoms with Crippen LogP contribution in [0.5, 0.6) is 0 Å². The fourth-order valence-electron chi connectivity index (χ4n) is 13.1. The Morgan fingerprint density at radius 2 is 0.545 bits per heavy atom. The van der Waals surface area contributed by atoms with E-state index < -0.39 is 72.6 Å². The van der Waals surface area contributed by atoms with Gasteiger partial charge in [-0.2, -0.15) is 0 Å². The SMILES string of the molecule is C[Si](C)(C)[Si]1([Si]23OCCN(CCO2)CCO3)[Si](C)(C)[Si](C)(C)[Si]([Si](C)(C)C)([Si]23OCCN(CCO2)CCO3)[Si](C)(C)[Si]1(C)C. The Hall–Kier alpha value is 1.85. The smallest absolute Gasteiger partial charge is 0.376 e. The predicted molar refractivity (Wildman–Crippen MR) is 208 cm³/mol. The third-order valence-corrected chi connectivity index (χ3v) is 293. The van der Waals surface area contributed by atoms with E-state index in [1.54, 1.807) is 0 Å². The van der Waals surface area contributed by atoms with E-state index in [-0.39, 0.29) is 0 Å². The van der Waals surface area contributed by atoms with Crippen molar-refractivity contribution in [2.45, 2.75) is 91.7 Å². The minimum Gasteiger partial charge on any atom is -0.376 e. The van der Waals surface area contributed by atoms with Gasteiger partial charge < -0.3 is 26.6 Å². The van der Waals surface area contributed by atoms with E-state index in [4.69, 9.17) is 26.6 Å². The molecule has 7 aliphatic rings. The van der Waals surface area contributed by atoms with Crippen LogP contribution in [0.15, 0.2) is 0 Å². The van der Waals surface area contributed by atoms with Crippen molar-refractivity contribution in [3.63, 3.8) is 0 Å². The Kier molecular flexibility index (Phi) is 9.87. The van der Waals surface area contributed by atoms with Gasteiger partial charge in [-0.25, -0.2) is 0 Å². The van der Waals surface area contributed by atoms with E-state index in [0.717, 1.165) is 78.9 Å². The van der Waals surface area contributed by atoms with Gasteiger partial charge in [-0.05, 0) is 0 Å². The van der Waals surface area contributed by atoms with Crippen LogP contribution >= 0.6 is 0 Å². The molecule has 0 aromatic rings. The second-order valence-electron chi connectivity index (χ2n) is 18.4. The lowest BCUT2D eigenvalue weighted by Gasteiger charge is -2.81. The van der Waals surface area contributed by atoms with Crippen LogP contribution in [-0.2, 0) is 26.6 Å². The van der Waals surface area contributed by atoms with Crippen molar-refractivity contribution in [3.8, 4) is 0 Å². The van der Waals surface area contributed by atoms with Crippen LogP contribution in [-0.4, -0.2) is 161 Å². The van der Waals surface area contributed by atoms with E-state index in [9.17, 15) is 0 Å². The summed E-state index contributed by atoms with van der Waals surface area (Å²) in [7, 11) is -18.2. The van der Waals surface area contributed by atoms with Crippen LogP contribution in [0.2, 0.25) is 91.7 Å². The summed E-state index contributed by atoms with van der Waals surface area (Å²) in [5, 5.41) is 0. The van der Waals surface area contributed by atoms with Crippen molar-refractivity contribution < 1.29 is 26.6 Å². The third-order valence-electron chi connectivity index (χ3n) is 14.2. The molecule has 7 aliphatic heterocycles. The Morgan fingerprint density at radius 1 is 0.364 bits per heavy atom. The van der Waals surface area contributed by atoms with Gasteiger partial charge >= 0.3 is 16.6 Å². The molecule has 0 radical (unpaired) electrons. The molecule has 0 spiro atoms. The van der Waals surface area contributed by atoms with Gasteiger partial charge in [0.1, 0.15) is 12.3 Å². The molecule has 0 unspecified atom stereocenters. The lowest BCUT2D eigenvalue weighted by atomic mass is 10.4. The molecule has 0 saturated carbocycles. The van der Waals surface area contributed by atoms with Crippen LogP contribution in [0.3, 0.4) is 0 Å². The summed E-state index contributed by atoms with van der Waals surface area (Å²) in [5.74, 6) is 0. The molecule has 7 saturated heterocycles. The molecule has 18 heteroatoms. The van der Waals surface area contributed by atoms with Crippen LogP contribution in [0, 0.1) is 0 Å². The molecule has 0 amide bonds. The minimum atomic E-state index is -2.99. The molecule has 0 aromatic heterocycles. The fraction of sp³-hybridized carbons (Fsp3) is 1.00. The molecule has 44 heavy (non-hydrogen) atoms. The van der Waals surface area contributed by atoms with Gasteiger partial charge in [-0.3, -0.25) is 9.80 Å². The second kappa shape index (κ2) is 11.7. The van der Waals surface area contributed by atoms with Crippen LogP contribution in [0.25, 0.3) is 0 Å². The molecule has 0 aromatic carbocycles. The summed E-state index contributed by atoms with van der Waals surface area (Å²) in [5.41, 5.74) is 0. The van der Waals surface area contributed by atoms with Gasteiger partial charge in [0.15, 0.2) is 0 Å². The Labute approximate surface area is 277 Å². The molecule has 8 nitrogen and oxygen atoms in total. The largest absolute Gasteiger partial charge is 0.461 e. The van der Waals surface area contributed by atoms with E-state index in [0.29, 0.717) is 0 Å². The first-order valence-electron chi connectivity index (χ1n) is 17.4. The zero-order valence-electron chi connectivity index (χ0n) is 30.8. The zero-order chi connectivity index (χ0) is 32.9. The first-order valence-corrected chi connectivity index (χ1v) is 53.8. The van der Waals surface area contributed by atoms with Gasteiger partial charge in [0.05, 0.1) is 39.6 Å². The number of hydrogen-bond acceptors (Lipinski definition) is 8. The quantitative estimate of drug-likeness (QED) is 0.400. The van der Waals surface area contributed by atoms with Crippen LogP contribution < -0.4 is 0 Å². The van der Waals surface area contributed by atoms with E-state index in [1.165, 1.54) is 0 Å². The number of hydrogen-bond donors (Lipinski definition) is 0. The lowest BCUT2D eigenvalue weighted by molar-refractivity contribution is 0.00516. The first kappa shape index (κ1) is 37.1. The highest BCUT2D eigenvalue weighted by molar-refractivity contribution is 8.35. The van der Waals surface area contributed by atoms with Gasteiger partial charge in [0.25, 0.3) is 0 Å². The van der Waals surface area contributed by atoms with Crippen molar-refractivity contribution in [1.29, 1.82) is 0 Å². The highest BCUT2D eigenvalue weighted by Gasteiger charge is 2.96. The maximum atomic E-state index is 7.49. The highest BCUT2D eigenvalue weighted by atomic mass is 30.5. The minimum absolute atomic E-state index is 0.783. The lowest BCUT2D eigenvalue weighted by Crippen LogP contribution is -3.17. The van der Waals surface area contributed by atoms with Gasteiger partial charge in [0.2, 0.25) is 0 Å². The monoisotopic (exact) mass is 782 g/mol. The van der Waals surface area contributed by atoms with Gasteiger partial charge in [-0.15, -0.1) is 0 Å². The maximum absolute atomic E-state index is 7.49. The van der Waals surface area contributed by atoms with E-state index in [1.807, 2.05) is 0 Å². The predicted octanol–water partition coefficient (Wildman–Crippen LogP) is 3.83. The molecule has 7 rings (SSSR count). The molecule has 0 atom stereocenters. The van der Waals surface area contributed by atoms with E-state index in [2.05, 4.69) is 101 Å². The first-order chi connectivity index (χ1) is 20.1. The topological polar surface area (TPSA) is 61.9 Å². The van der Waals surface area contributed by atoms with Crippen molar-refractivity contribution in [3.05, 3.63) is 0 Å². The molecule has 0 aliphatic carbocycles. The zero-order valence-corrected chi connectivity index (χ0v) is 40.8. The van der Waals surface area contributed by atoms with Crippen molar-refractivity contribution >= 4 is 72.6 Å². The molecular weight excluding hydrogens is 717 g/mol. The summed E-state index contributed by atoms with van der Waals surface area (Å²) in [6, 6.07) is 0. The van der Waals surface area contributed by atoms with Crippen LogP contribution in [0.1, 0.15) is 0 Å². The van der Waals surface area contributed by atoms with Crippen molar-refractivity contribution in [2.75, 3.05) is 78.9 Å². The average Bonchev–Trinajstić information content (AvgIpc) is 2.76. The summed E-state index contributed by atoms with van der Waals surface area (Å²) < 4.78 is 44.9. The molecular formula is C26H66N2O6Si10. The Bertz CT molecular complexity index is 933. The summed E-state index contributed by atoms with van der Waals surface area (Å²) in [4.78, 5) is 4.99. The summed E-state index contributed by atoms with van der Waals surface area (Å²) >= 11 is 0. The number of rotatable bonds is 4. The van der Waals surface area contributed by atoms with Gasteiger partial charge in [0, 0.05) is 82.9 Å². The average molecular weight is 784 g/mol. The van der Waals surface area contributed by atoms with Crippen LogP contribution in [0.4, 0.5) is 0 Å².